The number of carbonyl (C=O) groups is 1. The van der Waals surface area contributed by atoms with Gasteiger partial charge in [-0.05, 0) is 6.92 Å². The van der Waals surface area contributed by atoms with Crippen LogP contribution in [0.1, 0.15) is 11.3 Å². The van der Waals surface area contributed by atoms with Gasteiger partial charge in [0.05, 0.1) is 6.42 Å². The predicted octanol–water partition coefficient (Wildman–Crippen LogP) is 2.73. The maximum absolute atomic E-state index is 10.7. The number of carboxylic acids is 1. The number of aromatic nitrogens is 2. The molecule has 0 fully saturated rings. The van der Waals surface area contributed by atoms with E-state index in [0.717, 1.165) is 5.56 Å². The minimum absolute atomic E-state index is 0.167. The fourth-order valence-corrected chi connectivity index (χ4v) is 1.91. The van der Waals surface area contributed by atoms with E-state index in [9.17, 15) is 4.79 Å². The van der Waals surface area contributed by atoms with Gasteiger partial charge in [0.2, 0.25) is 0 Å². The molecule has 5 heteroatoms. The third kappa shape index (κ3) is 2.65. The molecule has 0 saturated heterocycles. The Morgan fingerprint density at radius 3 is 2.50 bits per heavy atom. The van der Waals surface area contributed by atoms with Crippen LogP contribution in [0.4, 0.5) is 0 Å². The fraction of sp³-hybridized carbons (Fsp3) is 0.154. The highest BCUT2D eigenvalue weighted by Crippen LogP contribution is 2.22. The van der Waals surface area contributed by atoms with Crippen LogP contribution in [0.3, 0.4) is 0 Å². The van der Waals surface area contributed by atoms with Gasteiger partial charge in [-0.25, -0.2) is 9.97 Å². The molecule has 1 heterocycles. The predicted molar refractivity (Wildman–Crippen MR) is 68.6 cm³/mol. The Balaban J connectivity index is 2.46. The third-order valence-electron chi connectivity index (χ3n) is 2.52. The standard InChI is InChI=1S/C13H11ClN2O2/c1-8-10(7-11(17)18)12(14)16-13(15-8)9-5-3-2-4-6-9/h2-6H,7H2,1H3,(H,17,18). The Morgan fingerprint density at radius 2 is 1.94 bits per heavy atom. The number of hydrogen-bond donors (Lipinski definition) is 1. The molecule has 0 spiro atoms. The van der Waals surface area contributed by atoms with Crippen LogP contribution in [-0.4, -0.2) is 21.0 Å². The first-order chi connectivity index (χ1) is 8.58. The minimum Gasteiger partial charge on any atom is -0.481 e. The zero-order chi connectivity index (χ0) is 13.1. The lowest BCUT2D eigenvalue weighted by molar-refractivity contribution is -0.136. The molecule has 0 aliphatic carbocycles. The van der Waals surface area contributed by atoms with E-state index in [4.69, 9.17) is 16.7 Å². The average molecular weight is 263 g/mol. The summed E-state index contributed by atoms with van der Waals surface area (Å²) < 4.78 is 0. The minimum atomic E-state index is -0.948. The highest BCUT2D eigenvalue weighted by molar-refractivity contribution is 6.30. The zero-order valence-corrected chi connectivity index (χ0v) is 10.5. The molecule has 0 bridgehead atoms. The SMILES string of the molecule is Cc1nc(-c2ccccc2)nc(Cl)c1CC(=O)O. The largest absolute Gasteiger partial charge is 0.481 e. The highest BCUT2D eigenvalue weighted by Gasteiger charge is 2.13. The number of carboxylic acid groups (broad SMARTS) is 1. The van der Waals surface area contributed by atoms with Crippen molar-refractivity contribution in [2.45, 2.75) is 13.3 Å². The summed E-state index contributed by atoms with van der Waals surface area (Å²) in [5.41, 5.74) is 1.91. The second-order valence-corrected chi connectivity index (χ2v) is 4.20. The van der Waals surface area contributed by atoms with Crippen molar-refractivity contribution >= 4 is 17.6 Å². The molecule has 18 heavy (non-hydrogen) atoms. The molecule has 0 saturated carbocycles. The van der Waals surface area contributed by atoms with E-state index in [1.807, 2.05) is 30.3 Å². The topological polar surface area (TPSA) is 63.1 Å². The van der Waals surface area contributed by atoms with Gasteiger partial charge in [-0.2, -0.15) is 0 Å². The molecule has 1 aromatic carbocycles. The van der Waals surface area contributed by atoms with Crippen molar-refractivity contribution in [1.29, 1.82) is 0 Å². The van der Waals surface area contributed by atoms with E-state index in [-0.39, 0.29) is 11.6 Å². The highest BCUT2D eigenvalue weighted by atomic mass is 35.5. The monoisotopic (exact) mass is 262 g/mol. The Hall–Kier alpha value is -1.94. The van der Waals surface area contributed by atoms with E-state index in [1.54, 1.807) is 6.92 Å². The van der Waals surface area contributed by atoms with Crippen LogP contribution < -0.4 is 0 Å². The first-order valence-corrected chi connectivity index (χ1v) is 5.76. The van der Waals surface area contributed by atoms with Gasteiger partial charge in [0, 0.05) is 16.8 Å². The van der Waals surface area contributed by atoms with Crippen LogP contribution in [0.25, 0.3) is 11.4 Å². The van der Waals surface area contributed by atoms with Crippen molar-refractivity contribution in [2.75, 3.05) is 0 Å². The van der Waals surface area contributed by atoms with Crippen LogP contribution in [0.5, 0.6) is 0 Å². The quantitative estimate of drug-likeness (QED) is 0.864. The van der Waals surface area contributed by atoms with Gasteiger partial charge in [0.1, 0.15) is 5.15 Å². The number of rotatable bonds is 3. The van der Waals surface area contributed by atoms with Crippen molar-refractivity contribution in [3.8, 4) is 11.4 Å². The van der Waals surface area contributed by atoms with Gasteiger partial charge in [0.25, 0.3) is 0 Å². The van der Waals surface area contributed by atoms with Gasteiger partial charge in [-0.3, -0.25) is 4.79 Å². The van der Waals surface area contributed by atoms with Crippen LogP contribution >= 0.6 is 11.6 Å². The second-order valence-electron chi connectivity index (χ2n) is 3.84. The molecule has 4 nitrogen and oxygen atoms in total. The maximum atomic E-state index is 10.7. The van der Waals surface area contributed by atoms with Gasteiger partial charge < -0.3 is 5.11 Å². The van der Waals surface area contributed by atoms with Gasteiger partial charge in [-0.1, -0.05) is 41.9 Å². The van der Waals surface area contributed by atoms with E-state index in [1.165, 1.54) is 0 Å². The van der Waals surface area contributed by atoms with Gasteiger partial charge in [0.15, 0.2) is 5.82 Å². The lowest BCUT2D eigenvalue weighted by Gasteiger charge is -2.07. The van der Waals surface area contributed by atoms with E-state index < -0.39 is 5.97 Å². The summed E-state index contributed by atoms with van der Waals surface area (Å²) in [4.78, 5) is 19.2. The van der Waals surface area contributed by atoms with E-state index in [0.29, 0.717) is 17.1 Å². The summed E-state index contributed by atoms with van der Waals surface area (Å²) in [5.74, 6) is -0.441. The van der Waals surface area contributed by atoms with Crippen molar-refractivity contribution in [2.24, 2.45) is 0 Å². The summed E-state index contributed by atoms with van der Waals surface area (Å²) in [6.07, 6.45) is -0.167. The lowest BCUT2D eigenvalue weighted by atomic mass is 10.1. The van der Waals surface area contributed by atoms with Crippen molar-refractivity contribution in [1.82, 2.24) is 9.97 Å². The zero-order valence-electron chi connectivity index (χ0n) is 9.72. The number of aryl methyl sites for hydroxylation is 1. The average Bonchev–Trinajstić information content (AvgIpc) is 2.34. The van der Waals surface area contributed by atoms with Crippen molar-refractivity contribution in [3.05, 3.63) is 46.7 Å². The summed E-state index contributed by atoms with van der Waals surface area (Å²) in [7, 11) is 0. The molecule has 2 rings (SSSR count). The van der Waals surface area contributed by atoms with E-state index in [2.05, 4.69) is 9.97 Å². The Morgan fingerprint density at radius 1 is 1.28 bits per heavy atom. The first kappa shape index (κ1) is 12.5. The molecular formula is C13H11ClN2O2. The van der Waals surface area contributed by atoms with Gasteiger partial charge in [-0.15, -0.1) is 0 Å². The second kappa shape index (κ2) is 5.14. The summed E-state index contributed by atoms with van der Waals surface area (Å²) in [6.45, 7) is 1.73. The number of benzene rings is 1. The summed E-state index contributed by atoms with van der Waals surface area (Å²) >= 11 is 6.01. The number of nitrogens with zero attached hydrogens (tertiary/aromatic N) is 2. The molecule has 0 aliphatic rings. The smallest absolute Gasteiger partial charge is 0.308 e. The molecule has 92 valence electrons. The first-order valence-electron chi connectivity index (χ1n) is 5.38. The summed E-state index contributed by atoms with van der Waals surface area (Å²) in [6, 6.07) is 9.42. The normalized spacial score (nSPS) is 10.3. The molecule has 1 N–H and O–H groups in total. The molecule has 0 atom stereocenters. The molecule has 2 aromatic rings. The number of aliphatic carboxylic acids is 1. The molecule has 0 radical (unpaired) electrons. The maximum Gasteiger partial charge on any atom is 0.308 e. The Labute approximate surface area is 109 Å². The van der Waals surface area contributed by atoms with Crippen LogP contribution in [0.2, 0.25) is 5.15 Å². The number of hydrogen-bond acceptors (Lipinski definition) is 3. The van der Waals surface area contributed by atoms with Crippen LogP contribution in [0.15, 0.2) is 30.3 Å². The van der Waals surface area contributed by atoms with Gasteiger partial charge >= 0.3 is 5.97 Å². The molecule has 0 aliphatic heterocycles. The fourth-order valence-electron chi connectivity index (χ4n) is 1.63. The molecule has 0 amide bonds. The van der Waals surface area contributed by atoms with Crippen LogP contribution in [0, 0.1) is 6.92 Å². The van der Waals surface area contributed by atoms with Crippen molar-refractivity contribution in [3.63, 3.8) is 0 Å². The molecular weight excluding hydrogens is 252 g/mol. The summed E-state index contributed by atoms with van der Waals surface area (Å²) in [5, 5.41) is 8.99. The number of halogens is 1. The Bertz CT molecular complexity index is 562. The van der Waals surface area contributed by atoms with Crippen LogP contribution in [-0.2, 0) is 11.2 Å². The van der Waals surface area contributed by atoms with Crippen molar-refractivity contribution < 1.29 is 9.90 Å². The lowest BCUT2D eigenvalue weighted by Crippen LogP contribution is -2.06. The molecule has 1 aromatic heterocycles. The Kier molecular flexibility index (Phi) is 3.58. The van der Waals surface area contributed by atoms with E-state index >= 15 is 0 Å². The third-order valence-corrected chi connectivity index (χ3v) is 2.84. The molecule has 0 unspecified atom stereocenters.